The Balaban J connectivity index is 3.25. The van der Waals surface area contributed by atoms with E-state index in [1.54, 1.807) is 20.8 Å². The predicted octanol–water partition coefficient (Wildman–Crippen LogP) is 3.18. The standard InChI is InChI=1S/C14H15F4NO3/c1-13(2,3)22-12(21)19-14(4,6-20)7-5-8(15)10(17)11(18)9(7)16/h5-6H,1-4H3,(H,19,21). The number of rotatable bonds is 3. The van der Waals surface area contributed by atoms with Crippen LogP contribution in [0, 0.1) is 23.3 Å². The monoisotopic (exact) mass is 321 g/mol. The van der Waals surface area contributed by atoms with Gasteiger partial charge in [0.15, 0.2) is 23.3 Å². The molecule has 1 N–H and O–H groups in total. The molecule has 122 valence electrons. The van der Waals surface area contributed by atoms with Crippen molar-refractivity contribution in [3.8, 4) is 0 Å². The van der Waals surface area contributed by atoms with Crippen molar-refractivity contribution in [2.24, 2.45) is 0 Å². The van der Waals surface area contributed by atoms with Crippen LogP contribution >= 0.6 is 0 Å². The first-order chi connectivity index (χ1) is 9.91. The van der Waals surface area contributed by atoms with Crippen molar-refractivity contribution in [2.45, 2.75) is 38.8 Å². The summed E-state index contributed by atoms with van der Waals surface area (Å²) in [5.74, 6) is -7.54. The van der Waals surface area contributed by atoms with Gasteiger partial charge < -0.3 is 14.8 Å². The molecule has 1 atom stereocenters. The number of hydrogen-bond donors (Lipinski definition) is 1. The van der Waals surface area contributed by atoms with Crippen molar-refractivity contribution in [3.63, 3.8) is 0 Å². The summed E-state index contributed by atoms with van der Waals surface area (Å²) in [5, 5.41) is 2.01. The third-order valence-electron chi connectivity index (χ3n) is 2.66. The summed E-state index contributed by atoms with van der Waals surface area (Å²) in [6, 6.07) is 0.305. The van der Waals surface area contributed by atoms with E-state index in [-0.39, 0.29) is 6.29 Å². The lowest BCUT2D eigenvalue weighted by atomic mass is 9.92. The number of carbonyl (C=O) groups excluding carboxylic acids is 2. The Labute approximate surface area is 124 Å². The molecule has 4 nitrogen and oxygen atoms in total. The highest BCUT2D eigenvalue weighted by Crippen LogP contribution is 2.27. The summed E-state index contributed by atoms with van der Waals surface area (Å²) in [6.45, 7) is 5.63. The van der Waals surface area contributed by atoms with Crippen molar-refractivity contribution in [3.05, 3.63) is 34.9 Å². The van der Waals surface area contributed by atoms with Crippen LogP contribution < -0.4 is 5.32 Å². The highest BCUT2D eigenvalue weighted by atomic mass is 19.2. The van der Waals surface area contributed by atoms with Crippen LogP contribution in [0.15, 0.2) is 6.07 Å². The fourth-order valence-corrected chi connectivity index (χ4v) is 1.63. The maximum absolute atomic E-state index is 13.8. The van der Waals surface area contributed by atoms with Gasteiger partial charge in [-0.3, -0.25) is 0 Å². The SMILES string of the molecule is CC(C)(C)OC(=O)NC(C)(C=O)c1cc(F)c(F)c(F)c1F. The molecular weight excluding hydrogens is 306 g/mol. The van der Waals surface area contributed by atoms with E-state index in [1.807, 2.05) is 5.32 Å². The van der Waals surface area contributed by atoms with E-state index in [1.165, 1.54) is 0 Å². The van der Waals surface area contributed by atoms with E-state index in [0.29, 0.717) is 6.07 Å². The number of hydrogen-bond acceptors (Lipinski definition) is 3. The Morgan fingerprint density at radius 2 is 1.64 bits per heavy atom. The van der Waals surface area contributed by atoms with Crippen LogP contribution in [0.1, 0.15) is 33.3 Å². The molecule has 0 aliphatic rings. The van der Waals surface area contributed by atoms with E-state index in [2.05, 4.69) is 0 Å². The molecule has 0 aromatic heterocycles. The Bertz CT molecular complexity index is 613. The molecule has 0 aliphatic heterocycles. The molecule has 0 aliphatic carbocycles. The molecule has 1 unspecified atom stereocenters. The second kappa shape index (κ2) is 5.94. The zero-order valence-electron chi connectivity index (χ0n) is 12.4. The van der Waals surface area contributed by atoms with Crippen LogP contribution in [0.25, 0.3) is 0 Å². The summed E-state index contributed by atoms with van der Waals surface area (Å²) in [4.78, 5) is 22.9. The van der Waals surface area contributed by atoms with Gasteiger partial charge in [0.25, 0.3) is 0 Å². The zero-order valence-corrected chi connectivity index (χ0v) is 12.4. The molecule has 8 heteroatoms. The minimum Gasteiger partial charge on any atom is -0.444 e. The molecule has 1 aromatic rings. The molecule has 0 saturated carbocycles. The molecule has 0 fully saturated rings. The Kier molecular flexibility index (Phi) is 4.84. The molecule has 0 heterocycles. The summed E-state index contributed by atoms with van der Waals surface area (Å²) in [5.41, 5.74) is -3.90. The second-order valence-corrected chi connectivity index (χ2v) is 5.79. The quantitative estimate of drug-likeness (QED) is 0.403. The maximum atomic E-state index is 13.8. The van der Waals surface area contributed by atoms with Crippen LogP contribution in [0.3, 0.4) is 0 Å². The normalized spacial score (nSPS) is 14.2. The van der Waals surface area contributed by atoms with Crippen LogP contribution in [-0.2, 0) is 15.1 Å². The van der Waals surface area contributed by atoms with E-state index in [9.17, 15) is 27.2 Å². The van der Waals surface area contributed by atoms with Crippen molar-refractivity contribution >= 4 is 12.4 Å². The fraction of sp³-hybridized carbons (Fsp3) is 0.429. The van der Waals surface area contributed by atoms with Crippen molar-refractivity contribution in [1.82, 2.24) is 5.32 Å². The summed E-state index contributed by atoms with van der Waals surface area (Å²) < 4.78 is 58.2. The van der Waals surface area contributed by atoms with E-state index in [4.69, 9.17) is 4.74 Å². The summed E-state index contributed by atoms with van der Waals surface area (Å²) in [6.07, 6.45) is -1.04. The van der Waals surface area contributed by atoms with Crippen LogP contribution in [0.4, 0.5) is 22.4 Å². The Morgan fingerprint density at radius 1 is 1.09 bits per heavy atom. The minimum atomic E-state index is -2.14. The van der Waals surface area contributed by atoms with Gasteiger partial charge in [-0.05, 0) is 33.8 Å². The second-order valence-electron chi connectivity index (χ2n) is 5.79. The number of nitrogens with one attached hydrogen (secondary N) is 1. The van der Waals surface area contributed by atoms with Crippen molar-refractivity contribution < 1.29 is 31.9 Å². The lowest BCUT2D eigenvalue weighted by Crippen LogP contribution is -2.47. The lowest BCUT2D eigenvalue weighted by molar-refractivity contribution is -0.113. The molecular formula is C14H15F4NO3. The van der Waals surface area contributed by atoms with Gasteiger partial charge in [-0.1, -0.05) is 0 Å². The Morgan fingerprint density at radius 3 is 2.09 bits per heavy atom. The average Bonchev–Trinajstić information content (AvgIpc) is 2.38. The number of amides is 1. The molecule has 0 spiro atoms. The third kappa shape index (κ3) is 3.75. The van der Waals surface area contributed by atoms with Gasteiger partial charge in [0.1, 0.15) is 17.4 Å². The topological polar surface area (TPSA) is 55.4 Å². The highest BCUT2D eigenvalue weighted by molar-refractivity contribution is 5.78. The number of alkyl carbamates (subject to hydrolysis) is 1. The van der Waals surface area contributed by atoms with Gasteiger partial charge in [-0.15, -0.1) is 0 Å². The highest BCUT2D eigenvalue weighted by Gasteiger charge is 2.36. The first kappa shape index (κ1) is 17.9. The smallest absolute Gasteiger partial charge is 0.408 e. The van der Waals surface area contributed by atoms with Crippen LogP contribution in [0.2, 0.25) is 0 Å². The van der Waals surface area contributed by atoms with Crippen molar-refractivity contribution in [1.29, 1.82) is 0 Å². The van der Waals surface area contributed by atoms with Crippen LogP contribution in [-0.4, -0.2) is 18.0 Å². The van der Waals surface area contributed by atoms with Gasteiger partial charge in [0, 0.05) is 5.56 Å². The van der Waals surface area contributed by atoms with Gasteiger partial charge in [-0.25, -0.2) is 22.4 Å². The summed E-state index contributed by atoms with van der Waals surface area (Å²) in [7, 11) is 0. The molecule has 0 saturated heterocycles. The number of benzene rings is 1. The number of aldehydes is 1. The zero-order chi connectivity index (χ0) is 17.3. The van der Waals surface area contributed by atoms with Crippen LogP contribution in [0.5, 0.6) is 0 Å². The van der Waals surface area contributed by atoms with Gasteiger partial charge in [-0.2, -0.15) is 0 Å². The lowest BCUT2D eigenvalue weighted by Gasteiger charge is -2.28. The van der Waals surface area contributed by atoms with Gasteiger partial charge in [0.2, 0.25) is 0 Å². The average molecular weight is 321 g/mol. The van der Waals surface area contributed by atoms with Crippen molar-refractivity contribution in [2.75, 3.05) is 0 Å². The first-order valence-electron chi connectivity index (χ1n) is 6.22. The molecule has 0 bridgehead atoms. The first-order valence-corrected chi connectivity index (χ1v) is 6.22. The van der Waals surface area contributed by atoms with Gasteiger partial charge in [0.05, 0.1) is 0 Å². The maximum Gasteiger partial charge on any atom is 0.408 e. The number of ether oxygens (including phenoxy) is 1. The Hall–Kier alpha value is -2.12. The predicted molar refractivity (Wildman–Crippen MR) is 69.1 cm³/mol. The fourth-order valence-electron chi connectivity index (χ4n) is 1.63. The van der Waals surface area contributed by atoms with E-state index in [0.717, 1.165) is 6.92 Å². The van der Waals surface area contributed by atoms with Gasteiger partial charge >= 0.3 is 6.09 Å². The minimum absolute atomic E-state index is 0.0616. The molecule has 0 radical (unpaired) electrons. The molecule has 22 heavy (non-hydrogen) atoms. The molecule has 1 aromatic carbocycles. The summed E-state index contributed by atoms with van der Waals surface area (Å²) >= 11 is 0. The number of halogens is 4. The largest absolute Gasteiger partial charge is 0.444 e. The molecule has 1 amide bonds. The van der Waals surface area contributed by atoms with E-state index >= 15 is 0 Å². The molecule has 1 rings (SSSR count). The third-order valence-corrected chi connectivity index (χ3v) is 2.66. The number of carbonyl (C=O) groups is 2. The van der Waals surface area contributed by atoms with E-state index < -0.39 is 46.1 Å².